The van der Waals surface area contributed by atoms with Crippen LogP contribution >= 0.6 is 0 Å². The van der Waals surface area contributed by atoms with Gasteiger partial charge in [-0.2, -0.15) is 4.57 Å². The maximum atomic E-state index is 12.0. The summed E-state index contributed by atoms with van der Waals surface area (Å²) in [6, 6.07) is 14.8. The number of ether oxygens (including phenoxy) is 1. The normalized spacial score (nSPS) is 11.9. The van der Waals surface area contributed by atoms with Crippen molar-refractivity contribution in [2.75, 3.05) is 0 Å². The van der Waals surface area contributed by atoms with E-state index >= 15 is 0 Å². The van der Waals surface area contributed by atoms with Crippen LogP contribution in [0.15, 0.2) is 60.9 Å². The van der Waals surface area contributed by atoms with Crippen molar-refractivity contribution in [3.05, 3.63) is 66.5 Å². The monoisotopic (exact) mass is 329 g/mol. The Hall–Kier alpha value is -2.38. The molecule has 0 aliphatic rings. The Bertz CT molecular complexity index is 587. The SMILES string of the molecule is CCC(OC(=O)c1ccccc1)[n+]1ccccc1.F[B-](F)(F)F. The van der Waals surface area contributed by atoms with Crippen molar-refractivity contribution < 1.29 is 31.4 Å². The highest BCUT2D eigenvalue weighted by molar-refractivity contribution is 6.50. The molecular formula is C15H16BF4NO2. The average molecular weight is 329 g/mol. The summed E-state index contributed by atoms with van der Waals surface area (Å²) in [5.74, 6) is -0.293. The fourth-order valence-electron chi connectivity index (χ4n) is 1.72. The number of halogens is 4. The summed E-state index contributed by atoms with van der Waals surface area (Å²) in [4.78, 5) is 12.0. The van der Waals surface area contributed by atoms with Crippen molar-refractivity contribution in [1.29, 1.82) is 0 Å². The van der Waals surface area contributed by atoms with Crippen LogP contribution in [0.4, 0.5) is 17.3 Å². The molecule has 0 saturated heterocycles. The molecule has 0 amide bonds. The van der Waals surface area contributed by atoms with Gasteiger partial charge in [0.25, 0.3) is 0 Å². The Balaban J connectivity index is 0.000000463. The molecule has 8 heteroatoms. The number of carbonyl (C=O) groups is 1. The smallest absolute Gasteiger partial charge is 0.418 e. The zero-order valence-electron chi connectivity index (χ0n) is 12.4. The lowest BCUT2D eigenvalue weighted by molar-refractivity contribution is -0.756. The van der Waals surface area contributed by atoms with Gasteiger partial charge >= 0.3 is 19.5 Å². The van der Waals surface area contributed by atoms with Crippen LogP contribution in [0, 0.1) is 0 Å². The Morgan fingerprint density at radius 2 is 1.52 bits per heavy atom. The third-order valence-corrected chi connectivity index (χ3v) is 2.67. The van der Waals surface area contributed by atoms with Crippen molar-refractivity contribution in [3.63, 3.8) is 0 Å². The Kier molecular flexibility index (Phi) is 7.24. The first-order chi connectivity index (χ1) is 10.8. The third-order valence-electron chi connectivity index (χ3n) is 2.67. The van der Waals surface area contributed by atoms with Crippen LogP contribution in [0.25, 0.3) is 0 Å². The number of carbonyl (C=O) groups excluding carboxylic acids is 1. The summed E-state index contributed by atoms with van der Waals surface area (Å²) >= 11 is 0. The molecule has 0 aliphatic carbocycles. The van der Waals surface area contributed by atoms with Gasteiger partial charge in [0.2, 0.25) is 0 Å². The van der Waals surface area contributed by atoms with Gasteiger partial charge in [0.05, 0.1) is 5.56 Å². The molecule has 1 aromatic carbocycles. The Morgan fingerprint density at radius 3 is 2.00 bits per heavy atom. The molecule has 1 atom stereocenters. The number of rotatable bonds is 4. The van der Waals surface area contributed by atoms with Crippen molar-refractivity contribution in [3.8, 4) is 0 Å². The number of benzene rings is 1. The molecule has 2 aromatic rings. The zero-order valence-corrected chi connectivity index (χ0v) is 12.4. The Morgan fingerprint density at radius 1 is 1.04 bits per heavy atom. The second-order valence-electron chi connectivity index (χ2n) is 4.45. The summed E-state index contributed by atoms with van der Waals surface area (Å²) in [5.41, 5.74) is 0.576. The van der Waals surface area contributed by atoms with Crippen molar-refractivity contribution >= 4 is 13.2 Å². The van der Waals surface area contributed by atoms with Crippen LogP contribution in [0.3, 0.4) is 0 Å². The van der Waals surface area contributed by atoms with Crippen molar-refractivity contribution in [2.24, 2.45) is 0 Å². The molecule has 124 valence electrons. The van der Waals surface area contributed by atoms with Crippen LogP contribution < -0.4 is 4.57 Å². The number of hydrogen-bond donors (Lipinski definition) is 0. The van der Waals surface area contributed by atoms with Gasteiger partial charge in [0.15, 0.2) is 12.4 Å². The topological polar surface area (TPSA) is 30.2 Å². The van der Waals surface area contributed by atoms with Gasteiger partial charge in [0.1, 0.15) is 0 Å². The lowest BCUT2D eigenvalue weighted by Gasteiger charge is -2.11. The van der Waals surface area contributed by atoms with E-state index in [1.54, 1.807) is 12.1 Å². The molecule has 1 aromatic heterocycles. The van der Waals surface area contributed by atoms with Gasteiger partial charge < -0.3 is 22.0 Å². The number of aromatic nitrogens is 1. The van der Waals surface area contributed by atoms with E-state index < -0.39 is 7.25 Å². The van der Waals surface area contributed by atoms with Crippen LogP contribution in [-0.4, -0.2) is 13.2 Å². The number of esters is 1. The lowest BCUT2D eigenvalue weighted by Crippen LogP contribution is -2.40. The molecule has 0 radical (unpaired) electrons. The van der Waals surface area contributed by atoms with E-state index in [0.717, 1.165) is 6.42 Å². The lowest BCUT2D eigenvalue weighted by atomic mass is 10.2. The van der Waals surface area contributed by atoms with Gasteiger partial charge in [-0.3, -0.25) is 0 Å². The molecule has 0 saturated carbocycles. The summed E-state index contributed by atoms with van der Waals surface area (Å²) in [7, 11) is -6.00. The molecule has 0 spiro atoms. The fourth-order valence-corrected chi connectivity index (χ4v) is 1.72. The second-order valence-corrected chi connectivity index (χ2v) is 4.45. The first kappa shape index (κ1) is 18.7. The van der Waals surface area contributed by atoms with E-state index in [4.69, 9.17) is 4.74 Å². The molecule has 0 N–H and O–H groups in total. The summed E-state index contributed by atoms with van der Waals surface area (Å²) in [6.45, 7) is 1.99. The highest BCUT2D eigenvalue weighted by Crippen LogP contribution is 2.09. The molecule has 3 nitrogen and oxygen atoms in total. The van der Waals surface area contributed by atoms with E-state index in [0.29, 0.717) is 5.56 Å². The number of nitrogens with zero attached hydrogens (tertiary/aromatic N) is 1. The van der Waals surface area contributed by atoms with E-state index in [1.165, 1.54) is 0 Å². The molecule has 23 heavy (non-hydrogen) atoms. The standard InChI is InChI=1S/C15H16NO2.BF4/c1-2-14(16-11-7-4-8-12-16)18-15(17)13-9-5-3-6-10-13;2-1(3,4)5/h3-12,14H,2H2,1H3;/q+1;-1. The molecule has 0 fully saturated rings. The van der Waals surface area contributed by atoms with Crippen molar-refractivity contribution in [2.45, 2.75) is 19.6 Å². The Labute approximate surface area is 131 Å². The van der Waals surface area contributed by atoms with Gasteiger partial charge in [-0.1, -0.05) is 31.2 Å². The molecule has 1 unspecified atom stereocenters. The zero-order chi connectivity index (χ0) is 17.3. The fraction of sp³-hybridized carbons (Fsp3) is 0.200. The average Bonchev–Trinajstić information content (AvgIpc) is 2.52. The van der Waals surface area contributed by atoms with E-state index in [9.17, 15) is 22.1 Å². The number of pyridine rings is 1. The highest BCUT2D eigenvalue weighted by Gasteiger charge is 2.21. The quantitative estimate of drug-likeness (QED) is 0.367. The largest absolute Gasteiger partial charge is 0.673 e. The first-order valence-corrected chi connectivity index (χ1v) is 6.90. The van der Waals surface area contributed by atoms with Crippen LogP contribution in [-0.2, 0) is 4.74 Å². The molecule has 1 heterocycles. The van der Waals surface area contributed by atoms with Crippen molar-refractivity contribution in [1.82, 2.24) is 0 Å². The predicted octanol–water partition coefficient (Wildman–Crippen LogP) is 4.04. The maximum absolute atomic E-state index is 12.0. The van der Waals surface area contributed by atoms with E-state index in [-0.39, 0.29) is 12.2 Å². The third kappa shape index (κ3) is 7.99. The molecule has 2 rings (SSSR count). The summed E-state index contributed by atoms with van der Waals surface area (Å²) < 4.78 is 46.4. The second kappa shape index (κ2) is 8.92. The highest BCUT2D eigenvalue weighted by atomic mass is 19.5. The minimum Gasteiger partial charge on any atom is -0.418 e. The summed E-state index contributed by atoms with van der Waals surface area (Å²) in [5, 5.41) is 0. The number of hydrogen-bond acceptors (Lipinski definition) is 2. The van der Waals surface area contributed by atoms with Crippen LogP contribution in [0.2, 0.25) is 0 Å². The molecular weight excluding hydrogens is 313 g/mol. The van der Waals surface area contributed by atoms with Crippen LogP contribution in [0.5, 0.6) is 0 Å². The van der Waals surface area contributed by atoms with Gasteiger partial charge in [-0.25, -0.2) is 4.79 Å². The molecule has 0 aliphatic heterocycles. The van der Waals surface area contributed by atoms with Gasteiger partial charge in [0, 0.05) is 18.6 Å². The van der Waals surface area contributed by atoms with E-state index in [1.807, 2.05) is 60.3 Å². The minimum absolute atomic E-state index is 0.265. The minimum atomic E-state index is -6.00. The van der Waals surface area contributed by atoms with Crippen LogP contribution in [0.1, 0.15) is 29.9 Å². The van der Waals surface area contributed by atoms with Gasteiger partial charge in [-0.15, -0.1) is 0 Å². The summed E-state index contributed by atoms with van der Waals surface area (Å²) in [6.07, 6.45) is 4.26. The first-order valence-electron chi connectivity index (χ1n) is 6.90. The predicted molar refractivity (Wildman–Crippen MR) is 78.0 cm³/mol. The molecule has 0 bridgehead atoms. The maximum Gasteiger partial charge on any atom is 0.673 e. The van der Waals surface area contributed by atoms with E-state index in [2.05, 4.69) is 0 Å². The van der Waals surface area contributed by atoms with Gasteiger partial charge in [-0.05, 0) is 12.1 Å².